The van der Waals surface area contributed by atoms with E-state index in [2.05, 4.69) is 25.7 Å². The van der Waals surface area contributed by atoms with Crippen molar-refractivity contribution in [3.05, 3.63) is 10.6 Å². The Bertz CT molecular complexity index is 471. The Labute approximate surface area is 119 Å². The second kappa shape index (κ2) is 4.72. The number of thiazole rings is 1. The molecule has 19 heavy (non-hydrogen) atoms. The molecule has 4 nitrogen and oxygen atoms in total. The minimum atomic E-state index is 0.154. The number of fused-ring (bicyclic) bond motifs is 1. The second-order valence-corrected chi connectivity index (χ2v) is 7.59. The van der Waals surface area contributed by atoms with Crippen molar-refractivity contribution >= 4 is 16.5 Å². The molecule has 0 spiro atoms. The maximum atomic E-state index is 6.33. The van der Waals surface area contributed by atoms with Gasteiger partial charge < -0.3 is 15.4 Å². The molecule has 1 saturated heterocycles. The number of nitrogens with zero attached hydrogens (tertiary/aromatic N) is 2. The number of anilines is 1. The maximum absolute atomic E-state index is 6.33. The molecule has 0 aromatic carbocycles. The molecule has 2 unspecified atom stereocenters. The molecule has 1 aromatic rings. The summed E-state index contributed by atoms with van der Waals surface area (Å²) in [6, 6.07) is 0.562. The van der Waals surface area contributed by atoms with Crippen LogP contribution in [0, 0.1) is 5.41 Å². The van der Waals surface area contributed by atoms with Crippen LogP contribution in [0.5, 0.6) is 0 Å². The molecule has 1 aliphatic heterocycles. The number of hydrogen-bond acceptors (Lipinski definition) is 5. The van der Waals surface area contributed by atoms with E-state index in [0.29, 0.717) is 6.04 Å². The van der Waals surface area contributed by atoms with Crippen molar-refractivity contribution < 1.29 is 4.74 Å². The van der Waals surface area contributed by atoms with Crippen molar-refractivity contribution in [2.24, 2.45) is 11.1 Å². The third-order valence-corrected chi connectivity index (χ3v) is 5.35. The van der Waals surface area contributed by atoms with E-state index < -0.39 is 0 Å². The lowest BCUT2D eigenvalue weighted by Crippen LogP contribution is -2.43. The van der Waals surface area contributed by atoms with E-state index in [-0.39, 0.29) is 11.5 Å². The van der Waals surface area contributed by atoms with Crippen molar-refractivity contribution in [1.82, 2.24) is 4.98 Å². The summed E-state index contributed by atoms with van der Waals surface area (Å²) < 4.78 is 5.50. The van der Waals surface area contributed by atoms with Gasteiger partial charge in [-0.15, -0.1) is 0 Å². The summed E-state index contributed by atoms with van der Waals surface area (Å²) in [5.74, 6) is 0. The van der Waals surface area contributed by atoms with Crippen molar-refractivity contribution in [3.63, 3.8) is 0 Å². The van der Waals surface area contributed by atoms with Gasteiger partial charge in [0.15, 0.2) is 5.13 Å². The summed E-state index contributed by atoms with van der Waals surface area (Å²) in [4.78, 5) is 8.55. The molecule has 0 radical (unpaired) electrons. The Kier molecular flexibility index (Phi) is 3.31. The van der Waals surface area contributed by atoms with Gasteiger partial charge in [-0.05, 0) is 25.2 Å². The minimum Gasteiger partial charge on any atom is -0.377 e. The van der Waals surface area contributed by atoms with E-state index >= 15 is 0 Å². The Morgan fingerprint density at radius 3 is 3.00 bits per heavy atom. The first-order chi connectivity index (χ1) is 8.96. The zero-order valence-corrected chi connectivity index (χ0v) is 12.8. The molecule has 0 amide bonds. The molecule has 0 saturated carbocycles. The SMILES string of the molecule is CC1COCCN1c1nc2c(s1)C(N)CC(C)(C)C2. The van der Waals surface area contributed by atoms with E-state index in [1.54, 1.807) is 11.3 Å². The molecule has 2 heterocycles. The first-order valence-corrected chi connectivity index (χ1v) is 7.87. The lowest BCUT2D eigenvalue weighted by Gasteiger charge is -2.32. The molecule has 2 aliphatic rings. The molecule has 0 bridgehead atoms. The molecule has 3 rings (SSSR count). The highest BCUT2D eigenvalue weighted by molar-refractivity contribution is 7.15. The number of hydrogen-bond donors (Lipinski definition) is 1. The van der Waals surface area contributed by atoms with E-state index in [4.69, 9.17) is 15.5 Å². The van der Waals surface area contributed by atoms with E-state index in [0.717, 1.165) is 37.7 Å². The smallest absolute Gasteiger partial charge is 0.186 e. The standard InChI is InChI=1S/C14H23N3OS/c1-9-8-18-5-4-17(9)13-16-11-7-14(2,3)6-10(15)12(11)19-13/h9-10H,4-8,15H2,1-3H3. The van der Waals surface area contributed by atoms with Crippen LogP contribution in [0.2, 0.25) is 0 Å². The molecule has 5 heteroatoms. The fourth-order valence-corrected chi connectivity index (χ4v) is 4.33. The first kappa shape index (κ1) is 13.3. The number of aromatic nitrogens is 1. The van der Waals surface area contributed by atoms with Gasteiger partial charge in [0.1, 0.15) is 0 Å². The van der Waals surface area contributed by atoms with Gasteiger partial charge in [-0.2, -0.15) is 0 Å². The van der Waals surface area contributed by atoms with Gasteiger partial charge in [-0.3, -0.25) is 0 Å². The maximum Gasteiger partial charge on any atom is 0.186 e. The van der Waals surface area contributed by atoms with Gasteiger partial charge in [0.25, 0.3) is 0 Å². The van der Waals surface area contributed by atoms with Gasteiger partial charge in [0, 0.05) is 17.5 Å². The van der Waals surface area contributed by atoms with Crippen LogP contribution in [0.25, 0.3) is 0 Å². The molecule has 2 atom stereocenters. The summed E-state index contributed by atoms with van der Waals surface area (Å²) >= 11 is 1.79. The predicted molar refractivity (Wildman–Crippen MR) is 78.8 cm³/mol. The lowest BCUT2D eigenvalue weighted by atomic mass is 9.77. The topological polar surface area (TPSA) is 51.4 Å². The fraction of sp³-hybridized carbons (Fsp3) is 0.786. The molecule has 2 N–H and O–H groups in total. The molecular formula is C14H23N3OS. The van der Waals surface area contributed by atoms with Crippen molar-refractivity contribution in [1.29, 1.82) is 0 Å². The van der Waals surface area contributed by atoms with Crippen LogP contribution in [0.4, 0.5) is 5.13 Å². The van der Waals surface area contributed by atoms with Gasteiger partial charge in [-0.1, -0.05) is 25.2 Å². The zero-order chi connectivity index (χ0) is 13.6. The average molecular weight is 281 g/mol. The van der Waals surface area contributed by atoms with Crippen LogP contribution < -0.4 is 10.6 Å². The Balaban J connectivity index is 1.90. The summed E-state index contributed by atoms with van der Waals surface area (Å²) in [6.07, 6.45) is 2.10. The van der Waals surface area contributed by atoms with E-state index in [1.807, 2.05) is 0 Å². The average Bonchev–Trinajstić information content (AvgIpc) is 2.71. The molecule has 1 aromatic heterocycles. The van der Waals surface area contributed by atoms with Crippen molar-refractivity contribution in [2.45, 2.75) is 45.7 Å². The van der Waals surface area contributed by atoms with Crippen LogP contribution in [0.1, 0.15) is 43.8 Å². The monoisotopic (exact) mass is 281 g/mol. The van der Waals surface area contributed by atoms with Gasteiger partial charge in [-0.25, -0.2) is 4.98 Å². The predicted octanol–water partition coefficient (Wildman–Crippen LogP) is 2.34. The Morgan fingerprint density at radius 1 is 1.47 bits per heavy atom. The molecule has 1 fully saturated rings. The zero-order valence-electron chi connectivity index (χ0n) is 12.0. The van der Waals surface area contributed by atoms with E-state index in [1.165, 1.54) is 10.6 Å². The first-order valence-electron chi connectivity index (χ1n) is 7.06. The number of rotatable bonds is 1. The van der Waals surface area contributed by atoms with Crippen LogP contribution in [-0.4, -0.2) is 30.8 Å². The summed E-state index contributed by atoms with van der Waals surface area (Å²) in [5.41, 5.74) is 7.82. The van der Waals surface area contributed by atoms with Crippen LogP contribution in [-0.2, 0) is 11.2 Å². The van der Waals surface area contributed by atoms with Crippen LogP contribution >= 0.6 is 11.3 Å². The quantitative estimate of drug-likeness (QED) is 0.858. The van der Waals surface area contributed by atoms with Crippen molar-refractivity contribution in [2.75, 3.05) is 24.7 Å². The van der Waals surface area contributed by atoms with Gasteiger partial charge in [0.05, 0.1) is 24.9 Å². The Morgan fingerprint density at radius 2 is 2.26 bits per heavy atom. The number of ether oxygens (including phenoxy) is 1. The highest BCUT2D eigenvalue weighted by Gasteiger charge is 2.34. The Hall–Kier alpha value is -0.650. The van der Waals surface area contributed by atoms with E-state index in [9.17, 15) is 0 Å². The van der Waals surface area contributed by atoms with Gasteiger partial charge >= 0.3 is 0 Å². The number of nitrogens with two attached hydrogens (primary N) is 1. The normalized spacial score (nSPS) is 30.2. The largest absolute Gasteiger partial charge is 0.377 e. The summed E-state index contributed by atoms with van der Waals surface area (Å²) in [6.45, 7) is 9.29. The minimum absolute atomic E-state index is 0.154. The van der Waals surface area contributed by atoms with Gasteiger partial charge in [0.2, 0.25) is 0 Å². The lowest BCUT2D eigenvalue weighted by molar-refractivity contribution is 0.0989. The summed E-state index contributed by atoms with van der Waals surface area (Å²) in [5, 5.41) is 1.13. The number of morpholine rings is 1. The third-order valence-electron chi connectivity index (χ3n) is 4.08. The molecule has 106 valence electrons. The summed E-state index contributed by atoms with van der Waals surface area (Å²) in [7, 11) is 0. The highest BCUT2D eigenvalue weighted by atomic mass is 32.1. The molecule has 1 aliphatic carbocycles. The molecular weight excluding hydrogens is 258 g/mol. The second-order valence-electron chi connectivity index (χ2n) is 6.58. The van der Waals surface area contributed by atoms with Crippen LogP contribution in [0.15, 0.2) is 0 Å². The van der Waals surface area contributed by atoms with Crippen LogP contribution in [0.3, 0.4) is 0 Å². The highest BCUT2D eigenvalue weighted by Crippen LogP contribution is 2.44. The van der Waals surface area contributed by atoms with Crippen molar-refractivity contribution in [3.8, 4) is 0 Å². The fourth-order valence-electron chi connectivity index (χ4n) is 3.11. The third kappa shape index (κ3) is 2.51.